The average molecular weight is 389 g/mol. The number of ether oxygens (including phenoxy) is 1. The van der Waals surface area contributed by atoms with Crippen LogP contribution >= 0.6 is 0 Å². The molecule has 0 N–H and O–H groups in total. The number of piperidine rings is 1. The molecular weight excluding hydrogens is 371 g/mol. The van der Waals surface area contributed by atoms with E-state index in [1.54, 1.807) is 10.9 Å². The third-order valence-corrected chi connectivity index (χ3v) is 6.26. The molecule has 2 aromatic rings. The van der Waals surface area contributed by atoms with Gasteiger partial charge in [0.25, 0.3) is 0 Å². The Hall–Kier alpha value is -2.07. The number of aromatic nitrogens is 2. The third-order valence-electron chi connectivity index (χ3n) is 4.35. The summed E-state index contributed by atoms with van der Waals surface area (Å²) in [7, 11) is -1.92. The van der Waals surface area contributed by atoms with E-state index in [1.807, 2.05) is 13.2 Å². The van der Waals surface area contributed by atoms with E-state index in [0.717, 1.165) is 29.8 Å². The van der Waals surface area contributed by atoms with Crippen molar-refractivity contribution in [2.75, 3.05) is 13.1 Å². The van der Waals surface area contributed by atoms with Crippen molar-refractivity contribution in [1.82, 2.24) is 14.1 Å². The largest absolute Gasteiger partial charge is 0.573 e. The van der Waals surface area contributed by atoms with E-state index in [4.69, 9.17) is 0 Å². The highest BCUT2D eigenvalue weighted by molar-refractivity contribution is 7.89. The lowest BCUT2D eigenvalue weighted by molar-refractivity contribution is -0.274. The van der Waals surface area contributed by atoms with Gasteiger partial charge < -0.3 is 4.74 Å². The predicted octanol–water partition coefficient (Wildman–Crippen LogP) is 2.89. The normalized spacial score (nSPS) is 17.4. The molecule has 1 aromatic carbocycles. The standard InChI is InChI=1S/C16H18F3N3O3S/c1-21-11-13(10-20-21)12-6-8-22(9-7-12)26(23,24)15-4-2-14(3-5-15)25-16(17,18)19/h2-5,10-12H,6-9H2,1H3. The van der Waals surface area contributed by atoms with Crippen LogP contribution in [0.5, 0.6) is 5.75 Å². The average Bonchev–Trinajstić information content (AvgIpc) is 3.00. The predicted molar refractivity (Wildman–Crippen MR) is 87.1 cm³/mol. The molecule has 0 radical (unpaired) electrons. The Morgan fingerprint density at radius 2 is 1.77 bits per heavy atom. The summed E-state index contributed by atoms with van der Waals surface area (Å²) in [6.45, 7) is 0.700. The number of benzene rings is 1. The second-order valence-electron chi connectivity index (χ2n) is 6.14. The van der Waals surface area contributed by atoms with Crippen LogP contribution < -0.4 is 4.74 Å². The zero-order valence-electron chi connectivity index (χ0n) is 14.0. The summed E-state index contributed by atoms with van der Waals surface area (Å²) in [6.07, 6.45) is 0.233. The summed E-state index contributed by atoms with van der Waals surface area (Å²) < 4.78 is 68.8. The first-order chi connectivity index (χ1) is 12.1. The molecule has 3 rings (SSSR count). The van der Waals surface area contributed by atoms with Gasteiger partial charge in [-0.25, -0.2) is 8.42 Å². The molecule has 26 heavy (non-hydrogen) atoms. The third kappa shape index (κ3) is 4.18. The molecule has 0 bridgehead atoms. The highest BCUT2D eigenvalue weighted by atomic mass is 32.2. The lowest BCUT2D eigenvalue weighted by Crippen LogP contribution is -2.37. The van der Waals surface area contributed by atoms with Gasteiger partial charge in [0.05, 0.1) is 11.1 Å². The topological polar surface area (TPSA) is 64.4 Å². The van der Waals surface area contributed by atoms with Crippen LogP contribution in [0.15, 0.2) is 41.6 Å². The van der Waals surface area contributed by atoms with Gasteiger partial charge in [-0.1, -0.05) is 0 Å². The molecule has 142 valence electrons. The second kappa shape index (κ2) is 6.92. The van der Waals surface area contributed by atoms with Gasteiger partial charge in [0.2, 0.25) is 10.0 Å². The Labute approximate surface area is 149 Å². The van der Waals surface area contributed by atoms with Gasteiger partial charge in [0.1, 0.15) is 5.75 Å². The van der Waals surface area contributed by atoms with Gasteiger partial charge in [0.15, 0.2) is 0 Å². The molecule has 0 saturated carbocycles. The fourth-order valence-electron chi connectivity index (χ4n) is 3.04. The van der Waals surface area contributed by atoms with Crippen molar-refractivity contribution in [2.24, 2.45) is 7.05 Å². The Bertz CT molecular complexity index is 855. The van der Waals surface area contributed by atoms with Gasteiger partial charge >= 0.3 is 6.36 Å². The fraction of sp³-hybridized carbons (Fsp3) is 0.438. The van der Waals surface area contributed by atoms with Crippen LogP contribution in [-0.4, -0.2) is 42.0 Å². The molecule has 1 aliphatic rings. The molecule has 1 aliphatic heterocycles. The summed E-state index contributed by atoms with van der Waals surface area (Å²) >= 11 is 0. The second-order valence-corrected chi connectivity index (χ2v) is 8.08. The summed E-state index contributed by atoms with van der Waals surface area (Å²) in [5.74, 6) is -0.204. The molecule has 6 nitrogen and oxygen atoms in total. The van der Waals surface area contributed by atoms with Gasteiger partial charge in [0, 0.05) is 26.3 Å². The van der Waals surface area contributed by atoms with E-state index in [1.165, 1.54) is 4.31 Å². The molecule has 10 heteroatoms. The summed E-state index contributed by atoms with van der Waals surface area (Å²) in [5, 5.41) is 4.13. The molecule has 0 aliphatic carbocycles. The highest BCUT2D eigenvalue weighted by Crippen LogP contribution is 2.31. The number of nitrogens with zero attached hydrogens (tertiary/aromatic N) is 3. The zero-order valence-corrected chi connectivity index (χ0v) is 14.8. The molecule has 0 amide bonds. The Morgan fingerprint density at radius 3 is 2.27 bits per heavy atom. The Kier molecular flexibility index (Phi) is 4.98. The summed E-state index contributed by atoms with van der Waals surface area (Å²) in [4.78, 5) is -0.0492. The number of sulfonamides is 1. The Balaban J connectivity index is 1.67. The maximum atomic E-state index is 12.7. The van der Waals surface area contributed by atoms with Gasteiger partial charge in [-0.05, 0) is 48.6 Å². The van der Waals surface area contributed by atoms with Crippen LogP contribution in [0.3, 0.4) is 0 Å². The number of rotatable bonds is 4. The molecular formula is C16H18F3N3O3S. The first-order valence-electron chi connectivity index (χ1n) is 8.00. The van der Waals surface area contributed by atoms with Crippen LogP contribution in [-0.2, 0) is 17.1 Å². The minimum atomic E-state index is -4.81. The molecule has 0 spiro atoms. The maximum absolute atomic E-state index is 12.7. The van der Waals surface area contributed by atoms with Crippen molar-refractivity contribution in [3.8, 4) is 5.75 Å². The highest BCUT2D eigenvalue weighted by Gasteiger charge is 2.32. The Morgan fingerprint density at radius 1 is 1.15 bits per heavy atom. The molecule has 0 unspecified atom stereocenters. The number of aryl methyl sites for hydroxylation is 1. The van der Waals surface area contributed by atoms with E-state index in [9.17, 15) is 21.6 Å². The molecule has 0 atom stereocenters. The number of hydrogen-bond acceptors (Lipinski definition) is 4. The van der Waals surface area contributed by atoms with Crippen molar-refractivity contribution in [3.63, 3.8) is 0 Å². The van der Waals surface area contributed by atoms with Gasteiger partial charge in [-0.3, -0.25) is 4.68 Å². The lowest BCUT2D eigenvalue weighted by Gasteiger charge is -2.30. The molecule has 1 fully saturated rings. The molecule has 1 aromatic heterocycles. The first kappa shape index (κ1) is 18.7. The van der Waals surface area contributed by atoms with E-state index in [-0.39, 0.29) is 10.8 Å². The monoisotopic (exact) mass is 389 g/mol. The minimum absolute atomic E-state index is 0.0492. The van der Waals surface area contributed by atoms with Crippen LogP contribution in [0.4, 0.5) is 13.2 Å². The lowest BCUT2D eigenvalue weighted by atomic mass is 9.93. The van der Waals surface area contributed by atoms with Crippen LogP contribution in [0, 0.1) is 0 Å². The van der Waals surface area contributed by atoms with Crippen molar-refractivity contribution in [2.45, 2.75) is 30.0 Å². The van der Waals surface area contributed by atoms with Gasteiger partial charge in [-0.2, -0.15) is 9.40 Å². The van der Waals surface area contributed by atoms with Gasteiger partial charge in [-0.15, -0.1) is 13.2 Å². The zero-order chi connectivity index (χ0) is 18.9. The van der Waals surface area contributed by atoms with Crippen molar-refractivity contribution >= 4 is 10.0 Å². The van der Waals surface area contributed by atoms with E-state index in [2.05, 4.69) is 9.84 Å². The number of halogens is 3. The van der Waals surface area contributed by atoms with Crippen LogP contribution in [0.2, 0.25) is 0 Å². The molecule has 1 saturated heterocycles. The SMILES string of the molecule is Cn1cc(C2CCN(S(=O)(=O)c3ccc(OC(F)(F)F)cc3)CC2)cn1. The van der Waals surface area contributed by atoms with Crippen LogP contribution in [0.25, 0.3) is 0 Å². The summed E-state index contributed by atoms with van der Waals surface area (Å²) in [6, 6.07) is 4.26. The quantitative estimate of drug-likeness (QED) is 0.807. The fourth-order valence-corrected chi connectivity index (χ4v) is 4.51. The van der Waals surface area contributed by atoms with E-state index < -0.39 is 22.1 Å². The van der Waals surface area contributed by atoms with Crippen LogP contribution in [0.1, 0.15) is 24.3 Å². The van der Waals surface area contributed by atoms with E-state index >= 15 is 0 Å². The van der Waals surface area contributed by atoms with Crippen molar-refractivity contribution < 1.29 is 26.3 Å². The number of hydrogen-bond donors (Lipinski definition) is 0. The minimum Gasteiger partial charge on any atom is -0.406 e. The maximum Gasteiger partial charge on any atom is 0.573 e. The molecule has 2 heterocycles. The summed E-state index contributed by atoms with van der Waals surface area (Å²) in [5.41, 5.74) is 1.08. The first-order valence-corrected chi connectivity index (χ1v) is 9.44. The van der Waals surface area contributed by atoms with E-state index in [0.29, 0.717) is 25.9 Å². The van der Waals surface area contributed by atoms with Crippen molar-refractivity contribution in [1.29, 1.82) is 0 Å². The smallest absolute Gasteiger partial charge is 0.406 e. The van der Waals surface area contributed by atoms with Crippen molar-refractivity contribution in [3.05, 3.63) is 42.2 Å². The number of alkyl halides is 3.